The number of hydrogen-bond donors (Lipinski definition) is 1. The zero-order chi connectivity index (χ0) is 10.0. The summed E-state index contributed by atoms with van der Waals surface area (Å²) in [6.45, 7) is 3.69. The van der Waals surface area contributed by atoms with Crippen LogP contribution in [0.25, 0.3) is 0 Å². The molecule has 70 valence electrons. The Hall–Kier alpha value is -1.02. The summed E-state index contributed by atoms with van der Waals surface area (Å²) in [5, 5.41) is 8.94. The summed E-state index contributed by atoms with van der Waals surface area (Å²) in [4.78, 5) is 10.9. The van der Waals surface area contributed by atoms with Crippen LogP contribution in [0.4, 0.5) is 0 Å². The number of benzene rings is 1. The largest absolute Gasteiger partial charge is 0.478 e. The van der Waals surface area contributed by atoms with E-state index in [2.05, 4.69) is 0 Å². The van der Waals surface area contributed by atoms with E-state index in [1.807, 2.05) is 13.0 Å². The Morgan fingerprint density at radius 3 is 2.54 bits per heavy atom. The van der Waals surface area contributed by atoms with Crippen molar-refractivity contribution in [2.45, 2.75) is 19.7 Å². The van der Waals surface area contributed by atoms with Gasteiger partial charge in [-0.05, 0) is 30.5 Å². The molecule has 1 N–H and O–H groups in total. The summed E-state index contributed by atoms with van der Waals surface area (Å²) in [6.07, 6.45) is 0. The number of carboxylic acid groups (broad SMARTS) is 1. The van der Waals surface area contributed by atoms with Gasteiger partial charge in [-0.25, -0.2) is 4.79 Å². The van der Waals surface area contributed by atoms with Crippen molar-refractivity contribution in [3.05, 3.63) is 34.4 Å². The molecule has 0 aliphatic heterocycles. The Bertz CT molecular complexity index is 345. The zero-order valence-electron chi connectivity index (χ0n) is 7.60. The highest BCUT2D eigenvalue weighted by Gasteiger charge is 2.13. The van der Waals surface area contributed by atoms with Gasteiger partial charge in [0.25, 0.3) is 0 Å². The van der Waals surface area contributed by atoms with Gasteiger partial charge in [0.05, 0.1) is 5.56 Å². The zero-order valence-corrected chi connectivity index (χ0v) is 8.35. The minimum absolute atomic E-state index is 0.239. The molecule has 0 fully saturated rings. The highest BCUT2D eigenvalue weighted by molar-refractivity contribution is 6.17. The summed E-state index contributed by atoms with van der Waals surface area (Å²) >= 11 is 5.64. The average molecular weight is 199 g/mol. The Balaban J connectivity index is 3.41. The van der Waals surface area contributed by atoms with Crippen LogP contribution in [-0.2, 0) is 5.88 Å². The lowest BCUT2D eigenvalue weighted by atomic mass is 9.99. The molecule has 0 radical (unpaired) electrons. The van der Waals surface area contributed by atoms with Gasteiger partial charge in [0.1, 0.15) is 0 Å². The standard InChI is InChI=1S/C10H11ClO2/c1-6-3-4-8(5-11)9(7(6)2)10(12)13/h3-4H,5H2,1-2H3,(H,12,13). The third kappa shape index (κ3) is 1.83. The Labute approximate surface area is 82.2 Å². The van der Waals surface area contributed by atoms with Crippen molar-refractivity contribution in [2.75, 3.05) is 0 Å². The summed E-state index contributed by atoms with van der Waals surface area (Å²) < 4.78 is 0. The van der Waals surface area contributed by atoms with Gasteiger partial charge in [0.2, 0.25) is 0 Å². The van der Waals surface area contributed by atoms with E-state index in [1.165, 1.54) is 0 Å². The molecular formula is C10H11ClO2. The first kappa shape index (κ1) is 10.1. The van der Waals surface area contributed by atoms with E-state index in [1.54, 1.807) is 13.0 Å². The van der Waals surface area contributed by atoms with E-state index in [9.17, 15) is 4.79 Å². The maximum atomic E-state index is 10.9. The molecule has 1 aromatic carbocycles. The van der Waals surface area contributed by atoms with E-state index in [0.29, 0.717) is 11.1 Å². The maximum Gasteiger partial charge on any atom is 0.336 e. The van der Waals surface area contributed by atoms with Crippen molar-refractivity contribution in [2.24, 2.45) is 0 Å². The molecule has 0 unspecified atom stereocenters. The summed E-state index contributed by atoms with van der Waals surface area (Å²) in [5.74, 6) is -0.667. The highest BCUT2D eigenvalue weighted by Crippen LogP contribution is 2.19. The fraction of sp³-hybridized carbons (Fsp3) is 0.300. The number of aromatic carboxylic acids is 1. The highest BCUT2D eigenvalue weighted by atomic mass is 35.5. The van der Waals surface area contributed by atoms with Gasteiger partial charge >= 0.3 is 5.97 Å². The second-order valence-corrected chi connectivity index (χ2v) is 3.25. The number of carboxylic acids is 1. The van der Waals surface area contributed by atoms with Gasteiger partial charge in [-0.1, -0.05) is 12.1 Å². The fourth-order valence-electron chi connectivity index (χ4n) is 1.28. The predicted octanol–water partition coefficient (Wildman–Crippen LogP) is 2.74. The molecular weight excluding hydrogens is 188 g/mol. The van der Waals surface area contributed by atoms with Crippen molar-refractivity contribution >= 4 is 17.6 Å². The molecule has 0 heterocycles. The van der Waals surface area contributed by atoms with Crippen molar-refractivity contribution in [1.82, 2.24) is 0 Å². The minimum atomic E-state index is -0.906. The van der Waals surface area contributed by atoms with E-state index in [4.69, 9.17) is 16.7 Å². The molecule has 1 aromatic rings. The maximum absolute atomic E-state index is 10.9. The molecule has 0 saturated heterocycles. The molecule has 0 atom stereocenters. The Morgan fingerprint density at radius 1 is 1.46 bits per heavy atom. The third-order valence-electron chi connectivity index (χ3n) is 2.18. The Morgan fingerprint density at radius 2 is 2.08 bits per heavy atom. The van der Waals surface area contributed by atoms with Crippen molar-refractivity contribution in [3.8, 4) is 0 Å². The molecule has 0 saturated carbocycles. The van der Waals surface area contributed by atoms with Gasteiger partial charge in [-0.3, -0.25) is 0 Å². The third-order valence-corrected chi connectivity index (χ3v) is 2.47. The van der Waals surface area contributed by atoms with E-state index in [0.717, 1.165) is 11.1 Å². The number of hydrogen-bond acceptors (Lipinski definition) is 1. The number of aryl methyl sites for hydroxylation is 1. The molecule has 1 rings (SSSR count). The summed E-state index contributed by atoms with van der Waals surface area (Å²) in [6, 6.07) is 3.65. The quantitative estimate of drug-likeness (QED) is 0.742. The first-order valence-corrected chi connectivity index (χ1v) is 4.49. The average Bonchev–Trinajstić information content (AvgIpc) is 2.08. The van der Waals surface area contributed by atoms with Crippen LogP contribution in [0.5, 0.6) is 0 Å². The molecule has 2 nitrogen and oxygen atoms in total. The normalized spacial score (nSPS) is 10.1. The first-order chi connectivity index (χ1) is 6.07. The second kappa shape index (κ2) is 3.79. The molecule has 0 bridgehead atoms. The fourth-order valence-corrected chi connectivity index (χ4v) is 1.50. The molecule has 0 aromatic heterocycles. The van der Waals surface area contributed by atoms with Crippen LogP contribution < -0.4 is 0 Å². The second-order valence-electron chi connectivity index (χ2n) is 2.98. The van der Waals surface area contributed by atoms with Crippen LogP contribution in [0.2, 0.25) is 0 Å². The molecule has 0 aliphatic rings. The minimum Gasteiger partial charge on any atom is -0.478 e. The van der Waals surface area contributed by atoms with Crippen LogP contribution >= 0.6 is 11.6 Å². The molecule has 3 heteroatoms. The lowest BCUT2D eigenvalue weighted by Gasteiger charge is -2.08. The van der Waals surface area contributed by atoms with Crippen molar-refractivity contribution < 1.29 is 9.90 Å². The monoisotopic (exact) mass is 198 g/mol. The molecule has 0 amide bonds. The topological polar surface area (TPSA) is 37.3 Å². The van der Waals surface area contributed by atoms with Gasteiger partial charge < -0.3 is 5.11 Å². The summed E-state index contributed by atoms with van der Waals surface area (Å²) in [7, 11) is 0. The van der Waals surface area contributed by atoms with Crippen molar-refractivity contribution in [1.29, 1.82) is 0 Å². The smallest absolute Gasteiger partial charge is 0.336 e. The van der Waals surface area contributed by atoms with Crippen LogP contribution in [-0.4, -0.2) is 11.1 Å². The SMILES string of the molecule is Cc1ccc(CCl)c(C(=O)O)c1C. The number of halogens is 1. The van der Waals surface area contributed by atoms with E-state index in [-0.39, 0.29) is 5.88 Å². The van der Waals surface area contributed by atoms with E-state index < -0.39 is 5.97 Å². The molecule has 0 spiro atoms. The van der Waals surface area contributed by atoms with Crippen LogP contribution in [0.15, 0.2) is 12.1 Å². The van der Waals surface area contributed by atoms with Crippen LogP contribution in [0.1, 0.15) is 27.0 Å². The lowest BCUT2D eigenvalue weighted by molar-refractivity contribution is 0.0695. The van der Waals surface area contributed by atoms with Crippen molar-refractivity contribution in [3.63, 3.8) is 0 Å². The van der Waals surface area contributed by atoms with Gasteiger partial charge in [0.15, 0.2) is 0 Å². The number of alkyl halides is 1. The number of carbonyl (C=O) groups is 1. The van der Waals surface area contributed by atoms with E-state index >= 15 is 0 Å². The Kier molecular flexibility index (Phi) is 2.94. The summed E-state index contributed by atoms with van der Waals surface area (Å²) in [5.41, 5.74) is 2.80. The predicted molar refractivity (Wildman–Crippen MR) is 52.4 cm³/mol. The number of rotatable bonds is 2. The molecule has 13 heavy (non-hydrogen) atoms. The van der Waals surface area contributed by atoms with Gasteiger partial charge in [-0.15, -0.1) is 11.6 Å². The van der Waals surface area contributed by atoms with Gasteiger partial charge in [-0.2, -0.15) is 0 Å². The molecule has 0 aliphatic carbocycles. The van der Waals surface area contributed by atoms with Crippen LogP contribution in [0, 0.1) is 13.8 Å². The first-order valence-electron chi connectivity index (χ1n) is 3.96. The lowest BCUT2D eigenvalue weighted by Crippen LogP contribution is -2.05. The van der Waals surface area contributed by atoms with Gasteiger partial charge in [0, 0.05) is 5.88 Å². The van der Waals surface area contributed by atoms with Crippen LogP contribution in [0.3, 0.4) is 0 Å².